The van der Waals surface area contributed by atoms with E-state index in [9.17, 15) is 0 Å². The van der Waals surface area contributed by atoms with Crippen LogP contribution in [0.4, 0.5) is 0 Å². The lowest BCUT2D eigenvalue weighted by Crippen LogP contribution is -2.18. The van der Waals surface area contributed by atoms with E-state index in [0.717, 1.165) is 16.5 Å². The second kappa shape index (κ2) is 10.0. The number of halogens is 2. The van der Waals surface area contributed by atoms with Gasteiger partial charge in [0.25, 0.3) is 0 Å². The molecule has 41 heavy (non-hydrogen) atoms. The third-order valence-corrected chi connectivity index (χ3v) is 9.24. The zero-order valence-corrected chi connectivity index (χ0v) is 26.6. The monoisotopic (exact) mass is 576 g/mol. The summed E-state index contributed by atoms with van der Waals surface area (Å²) in [5.74, 6) is 0.261. The fraction of sp³-hybridized carbons (Fsp3) is 0.282. The molecule has 0 N–H and O–H groups in total. The molecule has 2 heteroatoms. The van der Waals surface area contributed by atoms with Gasteiger partial charge in [0.2, 0.25) is 0 Å². The summed E-state index contributed by atoms with van der Waals surface area (Å²) in [6.07, 6.45) is 7.75. The number of hydrogen-bond acceptors (Lipinski definition) is 0. The fourth-order valence-corrected chi connectivity index (χ4v) is 7.03. The highest BCUT2D eigenvalue weighted by Gasteiger charge is 2.39. The molecular weight excluding hydrogens is 539 g/mol. The van der Waals surface area contributed by atoms with E-state index in [1.165, 1.54) is 66.8 Å². The van der Waals surface area contributed by atoms with Crippen LogP contribution in [0.3, 0.4) is 0 Å². The van der Waals surface area contributed by atoms with Crippen LogP contribution in [-0.2, 0) is 10.8 Å². The predicted octanol–water partition coefficient (Wildman–Crippen LogP) is 12.4. The molecule has 208 valence electrons. The molecule has 1 atom stereocenters. The first kappa shape index (κ1) is 28.1. The fourth-order valence-electron chi connectivity index (χ4n) is 6.78. The van der Waals surface area contributed by atoms with Gasteiger partial charge in [0.05, 0.1) is 0 Å². The van der Waals surface area contributed by atoms with Gasteiger partial charge >= 0.3 is 0 Å². The van der Waals surface area contributed by atoms with Gasteiger partial charge in [-0.15, -0.1) is 0 Å². The van der Waals surface area contributed by atoms with Crippen molar-refractivity contribution in [3.05, 3.63) is 123 Å². The van der Waals surface area contributed by atoms with Crippen LogP contribution in [0.1, 0.15) is 88.6 Å². The first-order valence-electron chi connectivity index (χ1n) is 14.6. The molecule has 0 fully saturated rings. The molecule has 2 aliphatic rings. The van der Waals surface area contributed by atoms with Crippen LogP contribution < -0.4 is 0 Å². The second-order valence-electron chi connectivity index (χ2n) is 13.7. The van der Waals surface area contributed by atoms with E-state index >= 15 is 0 Å². The summed E-state index contributed by atoms with van der Waals surface area (Å²) in [6.45, 7) is 16.4. The largest absolute Gasteiger partial charge is 0.0843 e. The minimum atomic E-state index is -0.145. The van der Waals surface area contributed by atoms with Gasteiger partial charge < -0.3 is 0 Å². The summed E-state index contributed by atoms with van der Waals surface area (Å²) in [7, 11) is 0. The highest BCUT2D eigenvalue weighted by atomic mass is 35.5. The third-order valence-electron chi connectivity index (χ3n) is 8.74. The summed E-state index contributed by atoms with van der Waals surface area (Å²) in [5.41, 5.74) is 16.0. The topological polar surface area (TPSA) is 0 Å². The Balaban J connectivity index is 1.86. The van der Waals surface area contributed by atoms with Gasteiger partial charge in [0.15, 0.2) is 0 Å². The highest BCUT2D eigenvalue weighted by molar-refractivity contribution is 6.31. The van der Waals surface area contributed by atoms with E-state index in [-0.39, 0.29) is 16.7 Å². The lowest BCUT2D eigenvalue weighted by Gasteiger charge is -2.33. The molecule has 4 aromatic carbocycles. The van der Waals surface area contributed by atoms with Crippen molar-refractivity contribution in [1.82, 2.24) is 0 Å². The molecule has 0 nitrogen and oxygen atoms in total. The van der Waals surface area contributed by atoms with Crippen LogP contribution in [0.15, 0.2) is 85.0 Å². The average Bonchev–Trinajstić information content (AvgIpc) is 3.54. The first-order chi connectivity index (χ1) is 19.4. The maximum absolute atomic E-state index is 6.45. The van der Waals surface area contributed by atoms with Crippen LogP contribution in [0, 0.1) is 0 Å². The zero-order chi connectivity index (χ0) is 29.3. The Morgan fingerprint density at radius 2 is 1.22 bits per heavy atom. The molecule has 0 saturated heterocycles. The summed E-state index contributed by atoms with van der Waals surface area (Å²) in [6, 6.07) is 24.1. The van der Waals surface area contributed by atoms with Crippen LogP contribution in [0.25, 0.3) is 39.0 Å². The molecular formula is C39H38Cl2. The van der Waals surface area contributed by atoms with Gasteiger partial charge in [0.1, 0.15) is 0 Å². The molecule has 0 aromatic heterocycles. The van der Waals surface area contributed by atoms with E-state index in [1.807, 2.05) is 24.3 Å². The molecule has 0 bridgehead atoms. The van der Waals surface area contributed by atoms with Gasteiger partial charge in [-0.25, -0.2) is 0 Å². The van der Waals surface area contributed by atoms with Crippen molar-refractivity contribution < 1.29 is 0 Å². The quantitative estimate of drug-likeness (QED) is 0.227. The second-order valence-corrected chi connectivity index (χ2v) is 14.5. The molecule has 4 aromatic rings. The molecule has 0 amide bonds. The first-order valence-corrected chi connectivity index (χ1v) is 15.4. The maximum Gasteiger partial charge on any atom is 0.0406 e. The number of hydrogen-bond donors (Lipinski definition) is 0. The Morgan fingerprint density at radius 3 is 1.71 bits per heavy atom. The van der Waals surface area contributed by atoms with E-state index < -0.39 is 0 Å². The summed E-state index contributed by atoms with van der Waals surface area (Å²) < 4.78 is 0. The van der Waals surface area contributed by atoms with Gasteiger partial charge in [0, 0.05) is 16.0 Å². The maximum atomic E-state index is 6.45. The molecule has 2 aliphatic carbocycles. The molecule has 0 aliphatic heterocycles. The van der Waals surface area contributed by atoms with E-state index in [1.54, 1.807) is 0 Å². The Hall–Kier alpha value is -3.06. The zero-order valence-electron chi connectivity index (χ0n) is 25.1. The number of rotatable bonds is 3. The van der Waals surface area contributed by atoms with Crippen LogP contribution in [-0.4, -0.2) is 0 Å². The van der Waals surface area contributed by atoms with Gasteiger partial charge in [-0.1, -0.05) is 132 Å². The average molecular weight is 578 g/mol. The van der Waals surface area contributed by atoms with Crippen molar-refractivity contribution in [2.24, 2.45) is 0 Å². The van der Waals surface area contributed by atoms with E-state index in [0.29, 0.717) is 0 Å². The highest BCUT2D eigenvalue weighted by Crippen LogP contribution is 2.59. The standard InChI is InChI=1S/C39H38Cl2/c1-23-30-21-16-27(38(2,3)4)22-31(30)36-32(23)33(24-10-8-9-11-24)34(25-12-17-28(40)18-13-25)37(39(5,6)7)35(36)26-14-19-29(41)20-15-26/h8-10,12-23H,11H2,1-7H3. The Kier molecular flexibility index (Phi) is 6.88. The van der Waals surface area contributed by atoms with Gasteiger partial charge in [-0.3, -0.25) is 0 Å². The molecule has 0 saturated carbocycles. The van der Waals surface area contributed by atoms with Crippen LogP contribution in [0.5, 0.6) is 0 Å². The minimum Gasteiger partial charge on any atom is -0.0843 e. The summed E-state index contributed by atoms with van der Waals surface area (Å²) in [5, 5.41) is 1.51. The van der Waals surface area contributed by atoms with Crippen molar-refractivity contribution in [3.63, 3.8) is 0 Å². The Bertz CT molecular complexity index is 1720. The molecule has 6 rings (SSSR count). The Labute approximate surface area is 255 Å². The van der Waals surface area contributed by atoms with Gasteiger partial charge in [-0.05, 0) is 108 Å². The molecule has 0 heterocycles. The number of benzene rings is 4. The minimum absolute atomic E-state index is 0.0539. The van der Waals surface area contributed by atoms with Crippen molar-refractivity contribution in [2.45, 2.75) is 71.6 Å². The number of allylic oxidation sites excluding steroid dienone is 4. The number of fused-ring (bicyclic) bond motifs is 3. The van der Waals surface area contributed by atoms with Crippen LogP contribution >= 0.6 is 23.2 Å². The van der Waals surface area contributed by atoms with Crippen molar-refractivity contribution in [3.8, 4) is 33.4 Å². The lowest BCUT2D eigenvalue weighted by molar-refractivity contribution is 0.590. The van der Waals surface area contributed by atoms with E-state index in [2.05, 4.69) is 109 Å². The van der Waals surface area contributed by atoms with Crippen molar-refractivity contribution >= 4 is 28.8 Å². The molecule has 0 spiro atoms. The van der Waals surface area contributed by atoms with Crippen LogP contribution in [0.2, 0.25) is 10.0 Å². The summed E-state index contributed by atoms with van der Waals surface area (Å²) >= 11 is 12.9. The molecule has 0 radical (unpaired) electrons. The smallest absolute Gasteiger partial charge is 0.0406 e. The normalized spacial score (nSPS) is 16.1. The van der Waals surface area contributed by atoms with Gasteiger partial charge in [-0.2, -0.15) is 0 Å². The third kappa shape index (κ3) is 4.80. The molecule has 1 unspecified atom stereocenters. The summed E-state index contributed by atoms with van der Waals surface area (Å²) in [4.78, 5) is 0. The van der Waals surface area contributed by atoms with Crippen molar-refractivity contribution in [2.75, 3.05) is 0 Å². The van der Waals surface area contributed by atoms with E-state index in [4.69, 9.17) is 23.2 Å². The van der Waals surface area contributed by atoms with Crippen molar-refractivity contribution in [1.29, 1.82) is 0 Å². The predicted molar refractivity (Wildman–Crippen MR) is 179 cm³/mol. The Morgan fingerprint density at radius 1 is 0.659 bits per heavy atom. The lowest BCUT2D eigenvalue weighted by atomic mass is 9.70. The SMILES string of the molecule is CC1c2ccc(C(C)(C)C)cc2-c2c(-c3ccc(Cl)cc3)c(C(C)(C)C)c(-c3ccc(Cl)cc3)c(C3=CC=CC3)c21.